The number of benzene rings is 1. The van der Waals surface area contributed by atoms with Gasteiger partial charge in [-0.3, -0.25) is 14.5 Å². The SMILES string of the molecule is C=C/C(=C(/N=C)C(=C)C)S(=O)(=O)Nc1ccc(C(=C)N2CCN(C(=O)/C(N)=C(\F)C=C)CC2)cc1C. The van der Waals surface area contributed by atoms with Crippen LogP contribution in [0.3, 0.4) is 0 Å². The molecule has 1 fully saturated rings. The number of hydrogen-bond acceptors (Lipinski definition) is 6. The fourth-order valence-corrected chi connectivity index (χ4v) is 5.00. The highest BCUT2D eigenvalue weighted by Gasteiger charge is 2.25. The van der Waals surface area contributed by atoms with Gasteiger partial charge in [0.1, 0.15) is 10.6 Å². The third-order valence-electron chi connectivity index (χ3n) is 5.69. The number of carbonyl (C=O) groups excluding carboxylic acids is 1. The van der Waals surface area contributed by atoms with Crippen molar-refractivity contribution in [3.63, 3.8) is 0 Å². The molecule has 1 aromatic carbocycles. The summed E-state index contributed by atoms with van der Waals surface area (Å²) in [7, 11) is -3.99. The van der Waals surface area contributed by atoms with Gasteiger partial charge in [0.2, 0.25) is 0 Å². The van der Waals surface area contributed by atoms with Crippen molar-refractivity contribution in [2.24, 2.45) is 10.7 Å². The Bertz CT molecular complexity index is 1290. The first-order valence-corrected chi connectivity index (χ1v) is 12.5. The van der Waals surface area contributed by atoms with E-state index in [1.807, 2.05) is 11.0 Å². The van der Waals surface area contributed by atoms with Crippen LogP contribution in [-0.4, -0.2) is 57.0 Å². The van der Waals surface area contributed by atoms with E-state index in [1.165, 1.54) is 11.0 Å². The van der Waals surface area contributed by atoms with Gasteiger partial charge in [0, 0.05) is 31.9 Å². The summed E-state index contributed by atoms with van der Waals surface area (Å²) in [5, 5.41) is 0. The number of carbonyl (C=O) groups is 1. The summed E-state index contributed by atoms with van der Waals surface area (Å²) in [6.45, 7) is 23.3. The summed E-state index contributed by atoms with van der Waals surface area (Å²) in [5.41, 5.74) is 8.27. The molecular formula is C26H32FN5O3S. The van der Waals surface area contributed by atoms with E-state index in [9.17, 15) is 17.6 Å². The molecule has 0 aromatic heterocycles. The second kappa shape index (κ2) is 11.7. The van der Waals surface area contributed by atoms with Gasteiger partial charge >= 0.3 is 0 Å². The van der Waals surface area contributed by atoms with Crippen molar-refractivity contribution in [1.82, 2.24) is 9.80 Å². The van der Waals surface area contributed by atoms with Gasteiger partial charge in [0.25, 0.3) is 15.9 Å². The van der Waals surface area contributed by atoms with Crippen LogP contribution in [0.2, 0.25) is 0 Å². The highest BCUT2D eigenvalue weighted by atomic mass is 32.2. The number of halogens is 1. The molecule has 1 aliphatic heterocycles. The average molecular weight is 514 g/mol. The molecule has 0 saturated carbocycles. The van der Waals surface area contributed by atoms with E-state index in [0.29, 0.717) is 48.7 Å². The molecule has 1 aliphatic rings. The predicted octanol–water partition coefficient (Wildman–Crippen LogP) is 3.85. The molecule has 0 aliphatic carbocycles. The molecule has 36 heavy (non-hydrogen) atoms. The Kier molecular flexibility index (Phi) is 9.18. The summed E-state index contributed by atoms with van der Waals surface area (Å²) in [4.78, 5) is 19.5. The minimum absolute atomic E-state index is 0.117. The Morgan fingerprint density at radius 2 is 1.72 bits per heavy atom. The first-order chi connectivity index (χ1) is 16.9. The number of nitrogens with two attached hydrogens (primary N) is 1. The Hall–Kier alpha value is -3.92. The van der Waals surface area contributed by atoms with Crippen LogP contribution in [-0.2, 0) is 14.8 Å². The predicted molar refractivity (Wildman–Crippen MR) is 145 cm³/mol. The smallest absolute Gasteiger partial charge is 0.272 e. The third kappa shape index (κ3) is 6.19. The third-order valence-corrected chi connectivity index (χ3v) is 7.12. The number of anilines is 1. The van der Waals surface area contributed by atoms with Crippen molar-refractivity contribution < 1.29 is 17.6 Å². The van der Waals surface area contributed by atoms with Gasteiger partial charge < -0.3 is 15.5 Å². The second-order valence-electron chi connectivity index (χ2n) is 8.18. The summed E-state index contributed by atoms with van der Waals surface area (Å²) in [6.07, 6.45) is 2.10. The maximum atomic E-state index is 13.6. The molecule has 0 atom stereocenters. The van der Waals surface area contributed by atoms with E-state index in [4.69, 9.17) is 5.73 Å². The van der Waals surface area contributed by atoms with Gasteiger partial charge in [-0.15, -0.1) is 0 Å². The summed E-state index contributed by atoms with van der Waals surface area (Å²) in [6, 6.07) is 5.23. The Morgan fingerprint density at radius 3 is 2.19 bits per heavy atom. The molecule has 1 heterocycles. The lowest BCUT2D eigenvalue weighted by molar-refractivity contribution is -0.128. The first-order valence-electron chi connectivity index (χ1n) is 11.0. The molecule has 1 amide bonds. The van der Waals surface area contributed by atoms with Crippen LogP contribution in [0.5, 0.6) is 0 Å². The monoisotopic (exact) mass is 513 g/mol. The van der Waals surface area contributed by atoms with Crippen molar-refractivity contribution in [1.29, 1.82) is 0 Å². The minimum Gasteiger partial charge on any atom is -0.392 e. The zero-order valence-electron chi connectivity index (χ0n) is 20.7. The number of hydrogen-bond donors (Lipinski definition) is 2. The van der Waals surface area contributed by atoms with Crippen molar-refractivity contribution in [3.8, 4) is 0 Å². The molecule has 0 spiro atoms. The van der Waals surface area contributed by atoms with E-state index in [0.717, 1.165) is 11.6 Å². The molecule has 1 saturated heterocycles. The molecule has 0 radical (unpaired) electrons. The van der Waals surface area contributed by atoms with Gasteiger partial charge in [-0.25, -0.2) is 12.8 Å². The zero-order chi connectivity index (χ0) is 27.2. The van der Waals surface area contributed by atoms with Gasteiger partial charge in [-0.2, -0.15) is 0 Å². The number of sulfonamides is 1. The average Bonchev–Trinajstić information content (AvgIpc) is 2.86. The number of piperazine rings is 1. The van der Waals surface area contributed by atoms with Crippen LogP contribution in [0.25, 0.3) is 5.70 Å². The van der Waals surface area contributed by atoms with Crippen LogP contribution in [0.15, 0.2) is 89.4 Å². The van der Waals surface area contributed by atoms with Crippen molar-refractivity contribution in [2.45, 2.75) is 13.8 Å². The van der Waals surface area contributed by atoms with Gasteiger partial charge in [0.15, 0.2) is 5.83 Å². The van der Waals surface area contributed by atoms with E-state index in [2.05, 4.69) is 42.7 Å². The Balaban J connectivity index is 2.18. The minimum atomic E-state index is -3.99. The highest BCUT2D eigenvalue weighted by Crippen LogP contribution is 2.27. The lowest BCUT2D eigenvalue weighted by atomic mass is 10.1. The van der Waals surface area contributed by atoms with E-state index in [-0.39, 0.29) is 10.6 Å². The molecule has 192 valence electrons. The topological polar surface area (TPSA) is 108 Å². The maximum Gasteiger partial charge on any atom is 0.272 e. The van der Waals surface area contributed by atoms with E-state index < -0.39 is 27.5 Å². The summed E-state index contributed by atoms with van der Waals surface area (Å²) < 4.78 is 42.1. The summed E-state index contributed by atoms with van der Waals surface area (Å²) in [5.74, 6) is -1.41. The van der Waals surface area contributed by atoms with Gasteiger partial charge in [-0.05, 0) is 61.5 Å². The van der Waals surface area contributed by atoms with Crippen LogP contribution in [0.4, 0.5) is 10.1 Å². The van der Waals surface area contributed by atoms with Crippen molar-refractivity contribution in [2.75, 3.05) is 30.9 Å². The van der Waals surface area contributed by atoms with E-state index in [1.54, 1.807) is 26.0 Å². The largest absolute Gasteiger partial charge is 0.392 e. The quantitative estimate of drug-likeness (QED) is 0.281. The van der Waals surface area contributed by atoms with Crippen molar-refractivity contribution in [3.05, 3.63) is 95.5 Å². The van der Waals surface area contributed by atoms with Crippen molar-refractivity contribution >= 4 is 34.0 Å². The number of aryl methyl sites for hydroxylation is 1. The molecular weight excluding hydrogens is 481 g/mol. The fraction of sp³-hybridized carbons (Fsp3) is 0.231. The molecule has 0 bridgehead atoms. The lowest BCUT2D eigenvalue weighted by Crippen LogP contribution is -2.49. The number of aliphatic imine (C=N–C) groups is 1. The number of rotatable bonds is 10. The van der Waals surface area contributed by atoms with Gasteiger partial charge in [0.05, 0.1) is 11.4 Å². The molecule has 1 aromatic rings. The molecule has 8 nitrogen and oxygen atoms in total. The van der Waals surface area contributed by atoms with Crippen LogP contribution in [0, 0.1) is 6.92 Å². The number of nitrogens with one attached hydrogen (secondary N) is 1. The normalized spacial score (nSPS) is 15.3. The van der Waals surface area contributed by atoms with E-state index >= 15 is 0 Å². The maximum absolute atomic E-state index is 13.6. The summed E-state index contributed by atoms with van der Waals surface area (Å²) >= 11 is 0. The molecule has 2 rings (SSSR count). The number of allylic oxidation sites excluding steroid dienone is 4. The number of amides is 1. The van der Waals surface area contributed by atoms with Crippen LogP contribution in [0.1, 0.15) is 18.1 Å². The highest BCUT2D eigenvalue weighted by molar-refractivity contribution is 7.96. The molecule has 10 heteroatoms. The van der Waals surface area contributed by atoms with Gasteiger partial charge in [-0.1, -0.05) is 32.4 Å². The number of nitrogens with zero attached hydrogens (tertiary/aromatic N) is 3. The first kappa shape index (κ1) is 28.3. The Morgan fingerprint density at radius 1 is 1.14 bits per heavy atom. The lowest BCUT2D eigenvalue weighted by Gasteiger charge is -2.37. The van der Waals surface area contributed by atoms with Crippen LogP contribution >= 0.6 is 0 Å². The fourth-order valence-electron chi connectivity index (χ4n) is 3.66. The standard InChI is InChI=1S/C26H32FN5O3S/c1-8-21(27)24(28)26(33)32-14-12-31(13-15-32)19(6)20-10-11-22(18(5)16-20)30-36(34,35)23(9-2)25(29-7)17(3)4/h8-11,16,30H,1-3,6-7,12-15,28H2,4-5H3/b24-21+,25-23-. The second-order valence-corrected chi connectivity index (χ2v) is 9.83. The molecule has 0 unspecified atom stereocenters. The Labute approximate surface area is 212 Å². The van der Waals surface area contributed by atoms with Crippen LogP contribution < -0.4 is 10.5 Å². The molecule has 3 N–H and O–H groups in total. The zero-order valence-corrected chi connectivity index (χ0v) is 21.5.